The molecular weight excluding hydrogens is 392 g/mol. The quantitative estimate of drug-likeness (QED) is 0.411. The van der Waals surface area contributed by atoms with E-state index < -0.39 is 12.1 Å². The molecule has 2 aliphatic rings. The fourth-order valence-corrected chi connectivity index (χ4v) is 4.65. The van der Waals surface area contributed by atoms with E-state index >= 15 is 0 Å². The molecule has 0 saturated heterocycles. The van der Waals surface area contributed by atoms with E-state index in [0.29, 0.717) is 29.0 Å². The molecule has 158 valence electrons. The summed E-state index contributed by atoms with van der Waals surface area (Å²) in [7, 11) is 0. The van der Waals surface area contributed by atoms with Crippen molar-refractivity contribution < 1.29 is 24.9 Å². The third kappa shape index (κ3) is 6.33. The van der Waals surface area contributed by atoms with Gasteiger partial charge in [0.1, 0.15) is 18.5 Å². The predicted octanol–water partition coefficient (Wildman–Crippen LogP) is 4.22. The van der Waals surface area contributed by atoms with Crippen molar-refractivity contribution >= 4 is 17.6 Å². The van der Waals surface area contributed by atoms with Crippen LogP contribution in [0.3, 0.4) is 0 Å². The molecule has 0 aliphatic heterocycles. The number of aliphatic carboxylic acids is 1. The number of rotatable bonds is 9. The summed E-state index contributed by atoms with van der Waals surface area (Å²) in [6.07, 6.45) is 9.11. The van der Waals surface area contributed by atoms with Crippen LogP contribution in [0.2, 0.25) is 5.02 Å². The van der Waals surface area contributed by atoms with Gasteiger partial charge in [0.05, 0.1) is 6.10 Å². The number of halogens is 1. The van der Waals surface area contributed by atoms with Crippen LogP contribution in [0.15, 0.2) is 48.1 Å². The minimum absolute atomic E-state index is 0.0371. The molecule has 5 atom stereocenters. The standard InChI is InChI=1S/C23H29ClO5/c24-17-5-8-19(9-6-17)29-14-18(25)7-10-20-21-12-15(3-1-2-4-23(27)28)11-16(21)13-22(20)26/h3,5-10,16,18,20-22,25-26H,1-2,4,11-14H2,(H,27,28)/t16-,18+,20-,21+,22-/m1/s1. The molecule has 2 fully saturated rings. The van der Waals surface area contributed by atoms with Crippen molar-refractivity contribution in [1.29, 1.82) is 0 Å². The van der Waals surface area contributed by atoms with Gasteiger partial charge in [0.2, 0.25) is 0 Å². The largest absolute Gasteiger partial charge is 0.491 e. The highest BCUT2D eigenvalue weighted by Gasteiger charge is 2.44. The average molecular weight is 421 g/mol. The highest BCUT2D eigenvalue weighted by atomic mass is 35.5. The third-order valence-corrected chi connectivity index (χ3v) is 6.18. The summed E-state index contributed by atoms with van der Waals surface area (Å²) in [6, 6.07) is 6.99. The summed E-state index contributed by atoms with van der Waals surface area (Å²) in [5, 5.41) is 30.0. The van der Waals surface area contributed by atoms with Crippen molar-refractivity contribution in [1.82, 2.24) is 0 Å². The maximum atomic E-state index is 10.6. The zero-order chi connectivity index (χ0) is 20.8. The minimum atomic E-state index is -0.751. The Bertz CT molecular complexity index is 742. The molecule has 2 aliphatic carbocycles. The van der Waals surface area contributed by atoms with Gasteiger partial charge in [-0.05, 0) is 68.2 Å². The van der Waals surface area contributed by atoms with Gasteiger partial charge in [0, 0.05) is 17.4 Å². The number of benzene rings is 1. The molecule has 2 saturated carbocycles. The van der Waals surface area contributed by atoms with Gasteiger partial charge in [-0.3, -0.25) is 4.79 Å². The number of carboxylic acid groups (broad SMARTS) is 1. The molecule has 3 rings (SSSR count). The van der Waals surface area contributed by atoms with Crippen LogP contribution >= 0.6 is 11.6 Å². The molecule has 1 aromatic carbocycles. The number of hydrogen-bond acceptors (Lipinski definition) is 4. The molecule has 0 radical (unpaired) electrons. The second-order valence-corrected chi connectivity index (χ2v) is 8.51. The Hall–Kier alpha value is -1.82. The van der Waals surface area contributed by atoms with Gasteiger partial charge >= 0.3 is 5.97 Å². The maximum Gasteiger partial charge on any atom is 0.303 e. The zero-order valence-corrected chi connectivity index (χ0v) is 17.2. The SMILES string of the molecule is O=C(O)CCCC=C1C[C@@H]2C[C@@H](O)[C@H](C=C[C@H](O)COc3ccc(Cl)cc3)[C@H]2C1. The smallest absolute Gasteiger partial charge is 0.303 e. The Kier molecular flexibility index (Phi) is 7.76. The Morgan fingerprint density at radius 1 is 1.28 bits per heavy atom. The van der Waals surface area contributed by atoms with Crippen LogP contribution < -0.4 is 4.74 Å². The van der Waals surface area contributed by atoms with E-state index in [1.807, 2.05) is 6.08 Å². The Labute approximate surface area is 176 Å². The van der Waals surface area contributed by atoms with Gasteiger partial charge in [-0.25, -0.2) is 0 Å². The first-order valence-corrected chi connectivity index (χ1v) is 10.6. The molecule has 0 aromatic heterocycles. The van der Waals surface area contributed by atoms with Gasteiger partial charge in [-0.15, -0.1) is 0 Å². The molecule has 0 spiro atoms. The number of fused-ring (bicyclic) bond motifs is 1. The van der Waals surface area contributed by atoms with Crippen molar-refractivity contribution in [2.24, 2.45) is 17.8 Å². The molecule has 1 aromatic rings. The molecular formula is C23H29ClO5. The summed E-state index contributed by atoms with van der Waals surface area (Å²) in [5.41, 5.74) is 1.38. The van der Waals surface area contributed by atoms with Crippen molar-refractivity contribution in [2.45, 2.75) is 50.7 Å². The summed E-state index contributed by atoms with van der Waals surface area (Å²) in [4.78, 5) is 10.6. The van der Waals surface area contributed by atoms with Gasteiger partial charge in [0.25, 0.3) is 0 Å². The van der Waals surface area contributed by atoms with E-state index in [4.69, 9.17) is 21.4 Å². The lowest BCUT2D eigenvalue weighted by atomic mass is 9.90. The fraction of sp³-hybridized carbons (Fsp3) is 0.522. The molecule has 5 nitrogen and oxygen atoms in total. The first kappa shape index (κ1) is 21.9. The first-order valence-electron chi connectivity index (χ1n) is 10.2. The summed E-state index contributed by atoms with van der Waals surface area (Å²) < 4.78 is 5.57. The first-order chi connectivity index (χ1) is 13.9. The van der Waals surface area contributed by atoms with Gasteiger partial charge < -0.3 is 20.1 Å². The number of unbranched alkanes of at least 4 members (excludes halogenated alkanes) is 1. The topological polar surface area (TPSA) is 87.0 Å². The minimum Gasteiger partial charge on any atom is -0.491 e. The Morgan fingerprint density at radius 2 is 2.03 bits per heavy atom. The van der Waals surface area contributed by atoms with Crippen molar-refractivity contribution in [2.75, 3.05) is 6.61 Å². The third-order valence-electron chi connectivity index (χ3n) is 5.93. The Morgan fingerprint density at radius 3 is 2.76 bits per heavy atom. The molecule has 6 heteroatoms. The van der Waals surface area contributed by atoms with Crippen LogP contribution in [0.1, 0.15) is 38.5 Å². The maximum absolute atomic E-state index is 10.6. The lowest BCUT2D eigenvalue weighted by Crippen LogP contribution is -2.19. The van der Waals surface area contributed by atoms with Crippen LogP contribution in [-0.2, 0) is 4.79 Å². The predicted molar refractivity (Wildman–Crippen MR) is 112 cm³/mol. The lowest BCUT2D eigenvalue weighted by molar-refractivity contribution is -0.137. The number of allylic oxidation sites excluding steroid dienone is 2. The number of aliphatic hydroxyl groups is 2. The van der Waals surface area contributed by atoms with Gasteiger partial charge in [-0.1, -0.05) is 35.4 Å². The van der Waals surface area contributed by atoms with Crippen molar-refractivity contribution in [3.8, 4) is 5.75 Å². The highest BCUT2D eigenvalue weighted by Crippen LogP contribution is 2.50. The molecule has 0 amide bonds. The summed E-state index contributed by atoms with van der Waals surface area (Å²) in [6.45, 7) is 0.143. The van der Waals surface area contributed by atoms with E-state index in [2.05, 4.69) is 6.08 Å². The van der Waals surface area contributed by atoms with Crippen molar-refractivity contribution in [3.63, 3.8) is 0 Å². The summed E-state index contributed by atoms with van der Waals surface area (Å²) in [5.74, 6) is 0.786. The van der Waals surface area contributed by atoms with Crippen LogP contribution in [0.25, 0.3) is 0 Å². The number of ether oxygens (including phenoxy) is 1. The Balaban J connectivity index is 1.48. The average Bonchev–Trinajstić information content (AvgIpc) is 3.19. The fourth-order valence-electron chi connectivity index (χ4n) is 4.52. The highest BCUT2D eigenvalue weighted by molar-refractivity contribution is 6.30. The van der Waals surface area contributed by atoms with Gasteiger partial charge in [0.15, 0.2) is 0 Å². The van der Waals surface area contributed by atoms with Crippen LogP contribution in [-0.4, -0.2) is 40.1 Å². The molecule has 0 heterocycles. The van der Waals surface area contributed by atoms with E-state index in [0.717, 1.165) is 25.7 Å². The van der Waals surface area contributed by atoms with Crippen LogP contribution in [0, 0.1) is 17.8 Å². The number of carboxylic acids is 1. The van der Waals surface area contributed by atoms with E-state index in [9.17, 15) is 15.0 Å². The van der Waals surface area contributed by atoms with E-state index in [-0.39, 0.29) is 25.0 Å². The van der Waals surface area contributed by atoms with Crippen molar-refractivity contribution in [3.05, 3.63) is 53.1 Å². The second kappa shape index (κ2) is 10.3. The number of carbonyl (C=O) groups is 1. The van der Waals surface area contributed by atoms with E-state index in [1.165, 1.54) is 5.57 Å². The van der Waals surface area contributed by atoms with Crippen LogP contribution in [0.4, 0.5) is 0 Å². The van der Waals surface area contributed by atoms with E-state index in [1.54, 1.807) is 30.3 Å². The summed E-state index contributed by atoms with van der Waals surface area (Å²) >= 11 is 5.85. The molecule has 0 bridgehead atoms. The monoisotopic (exact) mass is 420 g/mol. The van der Waals surface area contributed by atoms with Gasteiger partial charge in [-0.2, -0.15) is 0 Å². The zero-order valence-electron chi connectivity index (χ0n) is 16.4. The molecule has 0 unspecified atom stereocenters. The lowest BCUT2D eigenvalue weighted by Gasteiger charge is -2.18. The molecule has 29 heavy (non-hydrogen) atoms. The number of hydrogen-bond donors (Lipinski definition) is 3. The number of aliphatic hydroxyl groups excluding tert-OH is 2. The molecule has 3 N–H and O–H groups in total. The normalized spacial score (nSPS) is 28.7. The second-order valence-electron chi connectivity index (χ2n) is 8.08. The van der Waals surface area contributed by atoms with Crippen LogP contribution in [0.5, 0.6) is 5.75 Å².